The number of rotatable bonds is 5. The molecule has 0 radical (unpaired) electrons. The number of nitrogens with one attached hydrogen (secondary N) is 1. The first-order valence-corrected chi connectivity index (χ1v) is 6.10. The van der Waals surface area contributed by atoms with Crippen LogP contribution < -0.4 is 5.73 Å². The average Bonchev–Trinajstić information content (AvgIpc) is 2.52. The monoisotopic (exact) mass is 203 g/mol. The van der Waals surface area contributed by atoms with E-state index in [1.807, 2.05) is 18.0 Å². The Labute approximate surface area is 80.9 Å². The van der Waals surface area contributed by atoms with Crippen LogP contribution in [0.4, 0.5) is 0 Å². The summed E-state index contributed by atoms with van der Waals surface area (Å²) in [5, 5.41) is 1.10. The van der Waals surface area contributed by atoms with Crippen molar-refractivity contribution >= 4 is 23.5 Å². The summed E-state index contributed by atoms with van der Waals surface area (Å²) in [6, 6.07) is 0. The molecule has 1 aromatic heterocycles. The fraction of sp³-hybridized carbons (Fsp3) is 0.571. The smallest absolute Gasteiger partial charge is 0.118 e. The fourth-order valence-corrected chi connectivity index (χ4v) is 2.21. The molecule has 0 fully saturated rings. The molecular weight excluding hydrogens is 190 g/mol. The number of hydrogen-bond donors (Lipinski definition) is 2. The Kier molecular flexibility index (Phi) is 4.57. The van der Waals surface area contributed by atoms with E-state index in [2.05, 4.69) is 9.97 Å². The van der Waals surface area contributed by atoms with Gasteiger partial charge in [0.25, 0.3) is 0 Å². The number of nitrogens with zero attached hydrogens (tertiary/aromatic N) is 1. The van der Waals surface area contributed by atoms with Crippen LogP contribution in [0.5, 0.6) is 0 Å². The van der Waals surface area contributed by atoms with Crippen LogP contribution in [0.1, 0.15) is 5.69 Å². The van der Waals surface area contributed by atoms with Gasteiger partial charge in [-0.15, -0.1) is 11.8 Å². The van der Waals surface area contributed by atoms with Crippen LogP contribution >= 0.6 is 23.5 Å². The van der Waals surface area contributed by atoms with Crippen molar-refractivity contribution < 1.29 is 0 Å². The molecule has 0 aliphatic carbocycles. The molecule has 0 unspecified atom stereocenters. The van der Waals surface area contributed by atoms with Crippen molar-refractivity contribution in [3.63, 3.8) is 0 Å². The highest BCUT2D eigenvalue weighted by molar-refractivity contribution is 7.99. The summed E-state index contributed by atoms with van der Waals surface area (Å²) in [7, 11) is 0. The largest absolute Gasteiger partial charge is 0.347 e. The molecule has 3 N–H and O–H groups in total. The Bertz CT molecular complexity index is 224. The van der Waals surface area contributed by atoms with Gasteiger partial charge < -0.3 is 10.7 Å². The number of imidazole rings is 1. The van der Waals surface area contributed by atoms with Crippen LogP contribution in [-0.2, 0) is 5.75 Å². The van der Waals surface area contributed by atoms with Gasteiger partial charge in [-0.25, -0.2) is 4.98 Å². The molecule has 1 heterocycles. The molecule has 0 aliphatic rings. The van der Waals surface area contributed by atoms with Crippen molar-refractivity contribution in [3.05, 3.63) is 12.0 Å². The van der Waals surface area contributed by atoms with Crippen molar-refractivity contribution in [2.75, 3.05) is 18.6 Å². The minimum Gasteiger partial charge on any atom is -0.347 e. The van der Waals surface area contributed by atoms with E-state index in [0.717, 1.165) is 23.1 Å². The molecule has 1 aromatic rings. The number of aromatic amines is 1. The average molecular weight is 203 g/mol. The summed E-state index contributed by atoms with van der Waals surface area (Å²) in [6.07, 6.45) is 3.78. The number of thioether (sulfide) groups is 2. The van der Waals surface area contributed by atoms with Gasteiger partial charge in [0, 0.05) is 18.1 Å². The maximum atomic E-state index is 5.39. The van der Waals surface area contributed by atoms with Gasteiger partial charge in [-0.2, -0.15) is 11.8 Å². The van der Waals surface area contributed by atoms with Gasteiger partial charge in [0.05, 0.1) is 12.0 Å². The number of H-pyrrole nitrogens is 1. The standard InChI is InChI=1S/C7H13N3S2/c1-11-7-6(9-5-10-7)4-12-3-2-8/h5H,2-4,8H2,1H3,(H,9,10). The lowest BCUT2D eigenvalue weighted by molar-refractivity contribution is 1.12. The first-order valence-electron chi connectivity index (χ1n) is 3.72. The molecule has 0 saturated carbocycles. The van der Waals surface area contributed by atoms with E-state index in [-0.39, 0.29) is 0 Å². The first kappa shape index (κ1) is 9.95. The van der Waals surface area contributed by atoms with Crippen LogP contribution in [-0.4, -0.2) is 28.5 Å². The topological polar surface area (TPSA) is 54.7 Å². The molecule has 1 rings (SSSR count). The Morgan fingerprint density at radius 3 is 3.17 bits per heavy atom. The van der Waals surface area contributed by atoms with E-state index in [4.69, 9.17) is 5.73 Å². The zero-order chi connectivity index (χ0) is 8.81. The molecule has 3 nitrogen and oxygen atoms in total. The Morgan fingerprint density at radius 2 is 2.50 bits per heavy atom. The van der Waals surface area contributed by atoms with E-state index < -0.39 is 0 Å². The molecule has 12 heavy (non-hydrogen) atoms. The molecule has 0 saturated heterocycles. The maximum Gasteiger partial charge on any atom is 0.118 e. The van der Waals surface area contributed by atoms with Crippen molar-refractivity contribution in [3.8, 4) is 0 Å². The predicted molar refractivity (Wildman–Crippen MR) is 55.6 cm³/mol. The summed E-state index contributed by atoms with van der Waals surface area (Å²) < 4.78 is 0. The van der Waals surface area contributed by atoms with Gasteiger partial charge in [0.2, 0.25) is 0 Å². The zero-order valence-electron chi connectivity index (χ0n) is 7.04. The molecule has 68 valence electrons. The second kappa shape index (κ2) is 5.50. The minimum absolute atomic E-state index is 0.743. The van der Waals surface area contributed by atoms with Crippen LogP contribution in [0.15, 0.2) is 11.4 Å². The molecule has 0 aromatic carbocycles. The van der Waals surface area contributed by atoms with Crippen LogP contribution in [0.2, 0.25) is 0 Å². The number of nitrogens with two attached hydrogens (primary N) is 1. The van der Waals surface area contributed by atoms with Crippen molar-refractivity contribution in [1.82, 2.24) is 9.97 Å². The lowest BCUT2D eigenvalue weighted by Crippen LogP contribution is -2.01. The third kappa shape index (κ3) is 2.73. The Morgan fingerprint density at radius 1 is 1.67 bits per heavy atom. The molecule has 0 amide bonds. The lowest BCUT2D eigenvalue weighted by Gasteiger charge is -1.98. The summed E-state index contributed by atoms with van der Waals surface area (Å²) in [6.45, 7) is 0.743. The van der Waals surface area contributed by atoms with Gasteiger partial charge in [-0.1, -0.05) is 0 Å². The molecule has 0 aliphatic heterocycles. The van der Waals surface area contributed by atoms with Gasteiger partial charge in [0.15, 0.2) is 0 Å². The highest BCUT2D eigenvalue weighted by Crippen LogP contribution is 2.19. The second-order valence-corrected chi connectivity index (χ2v) is 4.13. The maximum absolute atomic E-state index is 5.39. The minimum atomic E-state index is 0.743. The van der Waals surface area contributed by atoms with Gasteiger partial charge in [0.1, 0.15) is 5.03 Å². The van der Waals surface area contributed by atoms with Crippen molar-refractivity contribution in [2.24, 2.45) is 5.73 Å². The quantitative estimate of drug-likeness (QED) is 0.560. The van der Waals surface area contributed by atoms with Crippen LogP contribution in [0, 0.1) is 0 Å². The summed E-state index contributed by atoms with van der Waals surface area (Å²) in [5.41, 5.74) is 6.60. The third-order valence-electron chi connectivity index (χ3n) is 1.38. The molecule has 0 bridgehead atoms. The SMILES string of the molecule is CSc1nc[nH]c1CSCCN. The fourth-order valence-electron chi connectivity index (χ4n) is 0.845. The molecule has 0 spiro atoms. The summed E-state index contributed by atoms with van der Waals surface area (Å²) in [5.74, 6) is 1.99. The lowest BCUT2D eigenvalue weighted by atomic mass is 10.6. The summed E-state index contributed by atoms with van der Waals surface area (Å²) >= 11 is 3.50. The van der Waals surface area contributed by atoms with Crippen molar-refractivity contribution in [1.29, 1.82) is 0 Å². The zero-order valence-corrected chi connectivity index (χ0v) is 8.67. The van der Waals surface area contributed by atoms with Crippen molar-refractivity contribution in [2.45, 2.75) is 10.8 Å². The number of aromatic nitrogens is 2. The predicted octanol–water partition coefficient (Wildman–Crippen LogP) is 1.32. The Hall–Kier alpha value is -0.130. The summed E-state index contributed by atoms with van der Waals surface area (Å²) in [4.78, 5) is 7.30. The van der Waals surface area contributed by atoms with Gasteiger partial charge in [-0.3, -0.25) is 0 Å². The van der Waals surface area contributed by atoms with Crippen LogP contribution in [0.3, 0.4) is 0 Å². The molecular formula is C7H13N3S2. The third-order valence-corrected chi connectivity index (χ3v) is 3.14. The highest BCUT2D eigenvalue weighted by Gasteiger charge is 2.02. The van der Waals surface area contributed by atoms with E-state index in [0.29, 0.717) is 0 Å². The van der Waals surface area contributed by atoms with E-state index in [1.54, 1.807) is 18.1 Å². The first-order chi connectivity index (χ1) is 5.88. The Balaban J connectivity index is 2.39. The molecule has 0 atom stereocenters. The second-order valence-electron chi connectivity index (χ2n) is 2.23. The van der Waals surface area contributed by atoms with Gasteiger partial charge in [-0.05, 0) is 6.26 Å². The van der Waals surface area contributed by atoms with E-state index in [9.17, 15) is 0 Å². The number of hydrogen-bond acceptors (Lipinski definition) is 4. The van der Waals surface area contributed by atoms with E-state index in [1.165, 1.54) is 5.69 Å². The van der Waals surface area contributed by atoms with E-state index >= 15 is 0 Å². The normalized spacial score (nSPS) is 10.5. The van der Waals surface area contributed by atoms with Crippen LogP contribution in [0.25, 0.3) is 0 Å². The molecule has 5 heteroatoms. The highest BCUT2D eigenvalue weighted by atomic mass is 32.2. The van der Waals surface area contributed by atoms with Gasteiger partial charge >= 0.3 is 0 Å².